The maximum Gasteiger partial charge on any atom is 0.289 e. The van der Waals surface area contributed by atoms with E-state index in [4.69, 9.17) is 0 Å². The Bertz CT molecular complexity index is 288. The fraction of sp³-hybridized carbons (Fsp3) is 0.500. The standard InChI is InChI=1S/C8H10BrNO2S/c1-5(9)4-10-6(11)8(2,3)13-7(10)12/h1,4H2,2-3H3. The van der Waals surface area contributed by atoms with Crippen LogP contribution in [0.1, 0.15) is 13.8 Å². The van der Waals surface area contributed by atoms with Crippen LogP contribution in [0, 0.1) is 0 Å². The fourth-order valence-electron chi connectivity index (χ4n) is 1.03. The van der Waals surface area contributed by atoms with Crippen molar-refractivity contribution in [3.63, 3.8) is 0 Å². The smallest absolute Gasteiger partial charge is 0.273 e. The number of thioether (sulfide) groups is 1. The Hall–Kier alpha value is -0.290. The Morgan fingerprint density at radius 3 is 2.46 bits per heavy atom. The largest absolute Gasteiger partial charge is 0.289 e. The van der Waals surface area contributed by atoms with Crippen LogP contribution >= 0.6 is 27.7 Å². The first-order chi connectivity index (χ1) is 5.84. The lowest BCUT2D eigenvalue weighted by molar-refractivity contribution is -0.128. The van der Waals surface area contributed by atoms with Crippen molar-refractivity contribution < 1.29 is 9.59 Å². The van der Waals surface area contributed by atoms with Crippen molar-refractivity contribution in [2.75, 3.05) is 6.54 Å². The molecule has 0 atom stereocenters. The molecule has 0 aliphatic carbocycles. The summed E-state index contributed by atoms with van der Waals surface area (Å²) in [6.45, 7) is 7.34. The average Bonchev–Trinajstić information content (AvgIpc) is 2.12. The van der Waals surface area contributed by atoms with E-state index in [0.29, 0.717) is 4.48 Å². The van der Waals surface area contributed by atoms with Crippen LogP contribution in [0.15, 0.2) is 11.1 Å². The number of hydrogen-bond acceptors (Lipinski definition) is 3. The Kier molecular flexibility index (Phi) is 2.87. The van der Waals surface area contributed by atoms with Gasteiger partial charge in [-0.1, -0.05) is 22.5 Å². The summed E-state index contributed by atoms with van der Waals surface area (Å²) in [5.41, 5.74) is 0. The number of nitrogens with zero attached hydrogens (tertiary/aromatic N) is 1. The molecule has 0 spiro atoms. The molecule has 5 heteroatoms. The Balaban J connectivity index is 2.83. The second-order valence-corrected chi connectivity index (χ2v) is 5.98. The highest BCUT2D eigenvalue weighted by molar-refractivity contribution is 9.11. The van der Waals surface area contributed by atoms with Crippen molar-refractivity contribution in [2.24, 2.45) is 0 Å². The number of rotatable bonds is 2. The molecule has 2 amide bonds. The first-order valence-electron chi connectivity index (χ1n) is 3.73. The third kappa shape index (κ3) is 2.14. The monoisotopic (exact) mass is 263 g/mol. The minimum Gasteiger partial charge on any atom is -0.273 e. The molecule has 0 aromatic rings. The first kappa shape index (κ1) is 10.8. The third-order valence-electron chi connectivity index (χ3n) is 1.65. The third-order valence-corrected chi connectivity index (χ3v) is 2.98. The van der Waals surface area contributed by atoms with E-state index in [1.165, 1.54) is 4.90 Å². The van der Waals surface area contributed by atoms with E-state index in [1.54, 1.807) is 13.8 Å². The summed E-state index contributed by atoms with van der Waals surface area (Å²) < 4.78 is 0.00648. The first-order valence-corrected chi connectivity index (χ1v) is 5.34. The Labute approximate surface area is 89.7 Å². The average molecular weight is 264 g/mol. The molecule has 0 unspecified atom stereocenters. The molecule has 1 fully saturated rings. The molecule has 1 aliphatic heterocycles. The molecule has 0 aromatic heterocycles. The van der Waals surface area contributed by atoms with Crippen LogP contribution in [0.3, 0.4) is 0 Å². The molecule has 1 aliphatic rings. The second kappa shape index (κ2) is 3.46. The quantitative estimate of drug-likeness (QED) is 0.768. The molecule has 0 aromatic carbocycles. The van der Waals surface area contributed by atoms with Crippen molar-refractivity contribution in [3.05, 3.63) is 11.1 Å². The van der Waals surface area contributed by atoms with Gasteiger partial charge in [-0.2, -0.15) is 0 Å². The number of hydrogen-bond donors (Lipinski definition) is 0. The lowest BCUT2D eigenvalue weighted by atomic mass is 10.2. The minimum atomic E-state index is -0.625. The van der Waals surface area contributed by atoms with Gasteiger partial charge in [0.15, 0.2) is 0 Å². The van der Waals surface area contributed by atoms with Gasteiger partial charge >= 0.3 is 0 Å². The molecule has 0 saturated carbocycles. The Morgan fingerprint density at radius 1 is 1.62 bits per heavy atom. The van der Waals surface area contributed by atoms with Gasteiger partial charge in [-0.15, -0.1) is 0 Å². The topological polar surface area (TPSA) is 37.4 Å². The van der Waals surface area contributed by atoms with Gasteiger partial charge in [-0.3, -0.25) is 14.5 Å². The van der Waals surface area contributed by atoms with Gasteiger partial charge in [0.2, 0.25) is 5.91 Å². The molecular weight excluding hydrogens is 254 g/mol. The van der Waals surface area contributed by atoms with E-state index in [1.807, 2.05) is 0 Å². The van der Waals surface area contributed by atoms with Crippen LogP contribution in [0.2, 0.25) is 0 Å². The van der Waals surface area contributed by atoms with Crippen LogP contribution in [0.4, 0.5) is 4.79 Å². The summed E-state index contributed by atoms with van der Waals surface area (Å²) >= 11 is 4.18. The highest BCUT2D eigenvalue weighted by atomic mass is 79.9. The van der Waals surface area contributed by atoms with Gasteiger partial charge in [0.25, 0.3) is 5.24 Å². The zero-order chi connectivity index (χ0) is 10.2. The molecular formula is C8H10BrNO2S. The molecule has 1 rings (SSSR count). The summed E-state index contributed by atoms with van der Waals surface area (Å²) in [6, 6.07) is 0. The SMILES string of the molecule is C=C(Br)CN1C(=O)SC(C)(C)C1=O. The van der Waals surface area contributed by atoms with Crippen molar-refractivity contribution in [2.45, 2.75) is 18.6 Å². The van der Waals surface area contributed by atoms with E-state index < -0.39 is 4.75 Å². The highest BCUT2D eigenvalue weighted by Crippen LogP contribution is 2.36. The van der Waals surface area contributed by atoms with Crippen LogP contribution in [-0.2, 0) is 4.79 Å². The van der Waals surface area contributed by atoms with Crippen molar-refractivity contribution in [1.82, 2.24) is 4.90 Å². The second-order valence-electron chi connectivity index (χ2n) is 3.29. The lowest BCUT2D eigenvalue weighted by Crippen LogP contribution is -2.36. The minimum absolute atomic E-state index is 0.150. The molecule has 3 nitrogen and oxygen atoms in total. The summed E-state index contributed by atoms with van der Waals surface area (Å²) in [5, 5.41) is -0.199. The van der Waals surface area contributed by atoms with Crippen LogP contribution in [-0.4, -0.2) is 27.3 Å². The highest BCUT2D eigenvalue weighted by Gasteiger charge is 2.45. The Morgan fingerprint density at radius 2 is 2.15 bits per heavy atom. The predicted molar refractivity (Wildman–Crippen MR) is 56.8 cm³/mol. The van der Waals surface area contributed by atoms with E-state index in [0.717, 1.165) is 11.8 Å². The van der Waals surface area contributed by atoms with E-state index in [9.17, 15) is 9.59 Å². The van der Waals surface area contributed by atoms with Gasteiger partial charge < -0.3 is 0 Å². The zero-order valence-corrected chi connectivity index (χ0v) is 9.87. The maximum absolute atomic E-state index is 11.6. The molecule has 0 N–H and O–H groups in total. The summed E-state index contributed by atoms with van der Waals surface area (Å²) in [4.78, 5) is 24.1. The summed E-state index contributed by atoms with van der Waals surface area (Å²) in [5.74, 6) is -0.150. The van der Waals surface area contributed by atoms with Gasteiger partial charge in [-0.05, 0) is 25.6 Å². The summed E-state index contributed by atoms with van der Waals surface area (Å²) in [7, 11) is 0. The van der Waals surface area contributed by atoms with Crippen LogP contribution in [0.5, 0.6) is 0 Å². The molecule has 13 heavy (non-hydrogen) atoms. The fourth-order valence-corrected chi connectivity index (χ4v) is 2.18. The van der Waals surface area contributed by atoms with E-state index in [-0.39, 0.29) is 17.7 Å². The lowest BCUT2D eigenvalue weighted by Gasteiger charge is -2.15. The van der Waals surface area contributed by atoms with Gasteiger partial charge in [0.1, 0.15) is 0 Å². The summed E-state index contributed by atoms with van der Waals surface area (Å²) in [6.07, 6.45) is 0. The van der Waals surface area contributed by atoms with Crippen molar-refractivity contribution in [3.8, 4) is 0 Å². The number of carbonyl (C=O) groups is 2. The maximum atomic E-state index is 11.6. The van der Waals surface area contributed by atoms with Crippen LogP contribution in [0.25, 0.3) is 0 Å². The van der Waals surface area contributed by atoms with Gasteiger partial charge in [-0.25, -0.2) is 0 Å². The normalized spacial score (nSPS) is 21.0. The number of carbonyl (C=O) groups excluding carboxylic acids is 2. The molecule has 72 valence electrons. The van der Waals surface area contributed by atoms with Crippen molar-refractivity contribution in [1.29, 1.82) is 0 Å². The van der Waals surface area contributed by atoms with Crippen LogP contribution < -0.4 is 0 Å². The predicted octanol–water partition coefficient (Wildman–Crippen LogP) is 2.37. The molecule has 0 bridgehead atoms. The van der Waals surface area contributed by atoms with Gasteiger partial charge in [0, 0.05) is 4.48 Å². The zero-order valence-electron chi connectivity index (χ0n) is 7.46. The van der Waals surface area contributed by atoms with E-state index in [2.05, 4.69) is 22.5 Å². The molecule has 0 radical (unpaired) electrons. The number of halogens is 1. The van der Waals surface area contributed by atoms with E-state index >= 15 is 0 Å². The number of imide groups is 1. The molecule has 1 heterocycles. The number of amides is 2. The van der Waals surface area contributed by atoms with Crippen molar-refractivity contribution >= 4 is 38.8 Å². The van der Waals surface area contributed by atoms with Gasteiger partial charge in [0.05, 0.1) is 11.3 Å². The molecule has 1 saturated heterocycles.